The minimum Gasteiger partial charge on any atom is -0.438 e. The van der Waals surface area contributed by atoms with Crippen molar-refractivity contribution < 1.29 is 4.42 Å². The Hall–Kier alpha value is -4.47. The van der Waals surface area contributed by atoms with Gasteiger partial charge in [0.1, 0.15) is 5.58 Å². The van der Waals surface area contributed by atoms with Gasteiger partial charge in [-0.05, 0) is 80.6 Å². The average Bonchev–Trinajstić information content (AvgIpc) is 3.34. The van der Waals surface area contributed by atoms with Gasteiger partial charge in [-0.25, -0.2) is 4.98 Å². The zero-order valence-corrected chi connectivity index (χ0v) is 23.4. The van der Waals surface area contributed by atoms with E-state index in [9.17, 15) is 0 Å². The molecule has 0 spiro atoms. The van der Waals surface area contributed by atoms with Gasteiger partial charge in [-0.1, -0.05) is 104 Å². The number of furan rings is 1. The van der Waals surface area contributed by atoms with Crippen LogP contribution >= 0.6 is 0 Å². The van der Waals surface area contributed by atoms with Crippen LogP contribution in [0.15, 0.2) is 126 Å². The molecular formula is C36H29NOSi. The minimum absolute atomic E-state index is 0.683. The molecule has 0 aliphatic carbocycles. The van der Waals surface area contributed by atoms with Crippen LogP contribution in [0.2, 0.25) is 19.6 Å². The molecular weight excluding hydrogens is 490 g/mol. The Morgan fingerprint density at radius 3 is 1.67 bits per heavy atom. The fraction of sp³-hybridized carbons (Fsp3) is 0.0833. The number of nitrogens with zero attached hydrogens (tertiary/aromatic N) is 1. The summed E-state index contributed by atoms with van der Waals surface area (Å²) in [5.41, 5.74) is 8.87. The van der Waals surface area contributed by atoms with Crippen LogP contribution in [0, 0.1) is 0 Å². The average molecular weight is 520 g/mol. The maximum atomic E-state index is 5.90. The molecule has 0 fully saturated rings. The lowest BCUT2D eigenvalue weighted by molar-refractivity contribution is 0.654. The van der Waals surface area contributed by atoms with Gasteiger partial charge in [0.25, 0.3) is 0 Å². The summed E-state index contributed by atoms with van der Waals surface area (Å²) in [6, 6.07) is 41.9. The van der Waals surface area contributed by atoms with Gasteiger partial charge in [0.2, 0.25) is 5.71 Å². The minimum atomic E-state index is -1.30. The van der Waals surface area contributed by atoms with Crippen molar-refractivity contribution in [3.8, 4) is 33.4 Å². The lowest BCUT2D eigenvalue weighted by Gasteiger charge is -2.17. The largest absolute Gasteiger partial charge is 0.438 e. The molecule has 0 unspecified atom stereocenters. The quantitative estimate of drug-likeness (QED) is 0.216. The van der Waals surface area contributed by atoms with Gasteiger partial charge >= 0.3 is 0 Å². The Labute approximate surface area is 229 Å². The van der Waals surface area contributed by atoms with E-state index < -0.39 is 8.07 Å². The molecule has 7 aromatic rings. The highest BCUT2D eigenvalue weighted by Crippen LogP contribution is 2.33. The first-order chi connectivity index (χ1) is 18.9. The van der Waals surface area contributed by atoms with E-state index in [-0.39, 0.29) is 0 Å². The van der Waals surface area contributed by atoms with Crippen LogP contribution in [0.1, 0.15) is 0 Å². The number of benzene rings is 5. The normalized spacial score (nSPS) is 12.0. The van der Waals surface area contributed by atoms with Gasteiger partial charge in [-0.3, -0.25) is 0 Å². The number of aromatic nitrogens is 1. The topological polar surface area (TPSA) is 26.0 Å². The lowest BCUT2D eigenvalue weighted by Crippen LogP contribution is -2.37. The van der Waals surface area contributed by atoms with E-state index >= 15 is 0 Å². The Balaban J connectivity index is 1.20. The van der Waals surface area contributed by atoms with Gasteiger partial charge in [0.05, 0.1) is 8.07 Å². The Kier molecular flexibility index (Phi) is 5.50. The molecule has 2 nitrogen and oxygen atoms in total. The number of hydrogen-bond acceptors (Lipinski definition) is 2. The summed E-state index contributed by atoms with van der Waals surface area (Å²) in [6.45, 7) is 7.18. The molecule has 2 aromatic heterocycles. The fourth-order valence-electron chi connectivity index (χ4n) is 5.41. The molecule has 0 aliphatic heterocycles. The van der Waals surface area contributed by atoms with Crippen molar-refractivity contribution in [3.63, 3.8) is 0 Å². The predicted molar refractivity (Wildman–Crippen MR) is 168 cm³/mol. The summed E-state index contributed by atoms with van der Waals surface area (Å²) in [5.74, 6) is 0. The Morgan fingerprint density at radius 2 is 1.05 bits per heavy atom. The highest BCUT2D eigenvalue weighted by atomic mass is 28.3. The second-order valence-electron chi connectivity index (χ2n) is 11.4. The van der Waals surface area contributed by atoms with Gasteiger partial charge in [0.15, 0.2) is 0 Å². The van der Waals surface area contributed by atoms with Crippen LogP contribution in [-0.2, 0) is 0 Å². The summed E-state index contributed by atoms with van der Waals surface area (Å²) in [6.07, 6.45) is 1.77. The van der Waals surface area contributed by atoms with Crippen LogP contribution in [-0.4, -0.2) is 13.1 Å². The van der Waals surface area contributed by atoms with E-state index in [4.69, 9.17) is 4.42 Å². The summed E-state index contributed by atoms with van der Waals surface area (Å²) in [5, 5.41) is 6.16. The Bertz CT molecular complexity index is 1980. The molecule has 5 aromatic carbocycles. The van der Waals surface area contributed by atoms with Crippen molar-refractivity contribution in [2.75, 3.05) is 0 Å². The van der Waals surface area contributed by atoms with Crippen LogP contribution in [0.3, 0.4) is 0 Å². The smallest absolute Gasteiger partial charge is 0.227 e. The Morgan fingerprint density at radius 1 is 0.513 bits per heavy atom. The van der Waals surface area contributed by atoms with Crippen molar-refractivity contribution in [2.24, 2.45) is 0 Å². The van der Waals surface area contributed by atoms with Crippen molar-refractivity contribution in [2.45, 2.75) is 19.6 Å². The van der Waals surface area contributed by atoms with Crippen LogP contribution in [0.5, 0.6) is 0 Å². The summed E-state index contributed by atoms with van der Waals surface area (Å²) in [7, 11) is -1.30. The molecule has 0 bridgehead atoms. The molecule has 0 N–H and O–H groups in total. The number of pyridine rings is 1. The summed E-state index contributed by atoms with van der Waals surface area (Å²) >= 11 is 0. The van der Waals surface area contributed by atoms with E-state index in [2.05, 4.69) is 128 Å². The third kappa shape index (κ3) is 4.35. The first-order valence-electron chi connectivity index (χ1n) is 13.5. The molecule has 7 rings (SSSR count). The first kappa shape index (κ1) is 23.6. The number of fused-ring (bicyclic) bond motifs is 4. The number of rotatable bonds is 4. The van der Waals surface area contributed by atoms with E-state index in [1.54, 1.807) is 6.20 Å². The van der Waals surface area contributed by atoms with Gasteiger partial charge < -0.3 is 4.42 Å². The maximum Gasteiger partial charge on any atom is 0.227 e. The highest BCUT2D eigenvalue weighted by Gasteiger charge is 2.16. The lowest BCUT2D eigenvalue weighted by atomic mass is 9.96. The first-order valence-corrected chi connectivity index (χ1v) is 17.0. The van der Waals surface area contributed by atoms with Crippen LogP contribution in [0.4, 0.5) is 0 Å². The van der Waals surface area contributed by atoms with E-state index in [0.717, 1.165) is 16.4 Å². The third-order valence-electron chi connectivity index (χ3n) is 7.72. The molecule has 0 radical (unpaired) electrons. The second-order valence-corrected chi connectivity index (χ2v) is 16.4. The zero-order chi connectivity index (χ0) is 26.6. The SMILES string of the molecule is C[Si](C)(C)c1ccc(-c2ccc3ccc(-c4ccc(-c5ccc6oc7ncccc7c6c5)cc4)cc3c2)cc1. The maximum absolute atomic E-state index is 5.90. The van der Waals surface area contributed by atoms with Gasteiger partial charge in [-0.2, -0.15) is 0 Å². The second kappa shape index (κ2) is 9.07. The molecule has 0 amide bonds. The van der Waals surface area contributed by atoms with Gasteiger partial charge in [-0.15, -0.1) is 0 Å². The molecule has 0 saturated heterocycles. The molecule has 2 heterocycles. The summed E-state index contributed by atoms with van der Waals surface area (Å²) in [4.78, 5) is 4.36. The standard InChI is InChI=1S/C36H29NOSi/c1-39(2,3)32-17-14-26(15-18-32)29-13-11-27-10-12-28(21-31(27)22-29)24-6-8-25(9-7-24)30-16-19-35-34(23-30)33-5-4-20-37-36(33)38-35/h4-23H,1-3H3. The van der Waals surface area contributed by atoms with Crippen LogP contribution in [0.25, 0.3) is 66.2 Å². The van der Waals surface area contributed by atoms with E-state index in [1.165, 1.54) is 49.3 Å². The van der Waals surface area contributed by atoms with Crippen molar-refractivity contribution in [1.82, 2.24) is 4.98 Å². The van der Waals surface area contributed by atoms with Gasteiger partial charge in [0, 0.05) is 17.0 Å². The van der Waals surface area contributed by atoms with Crippen LogP contribution < -0.4 is 5.19 Å². The zero-order valence-electron chi connectivity index (χ0n) is 22.4. The third-order valence-corrected chi connectivity index (χ3v) is 9.79. The molecule has 0 aliphatic rings. The molecule has 39 heavy (non-hydrogen) atoms. The monoisotopic (exact) mass is 519 g/mol. The predicted octanol–water partition coefficient (Wildman–Crippen LogP) is 9.68. The van der Waals surface area contributed by atoms with E-state index in [0.29, 0.717) is 5.71 Å². The molecule has 3 heteroatoms. The fourth-order valence-corrected chi connectivity index (χ4v) is 6.58. The molecule has 0 atom stereocenters. The molecule has 188 valence electrons. The number of hydrogen-bond donors (Lipinski definition) is 0. The highest BCUT2D eigenvalue weighted by molar-refractivity contribution is 6.88. The van der Waals surface area contributed by atoms with Crippen molar-refractivity contribution in [3.05, 3.63) is 121 Å². The van der Waals surface area contributed by atoms with E-state index in [1.807, 2.05) is 12.1 Å². The molecule has 0 saturated carbocycles. The van der Waals surface area contributed by atoms with Crippen molar-refractivity contribution >= 4 is 46.1 Å². The summed E-state index contributed by atoms with van der Waals surface area (Å²) < 4.78 is 5.90. The van der Waals surface area contributed by atoms with Crippen molar-refractivity contribution in [1.29, 1.82) is 0 Å².